The van der Waals surface area contributed by atoms with Gasteiger partial charge in [-0.3, -0.25) is 4.79 Å². The molecule has 6 nitrogen and oxygen atoms in total. The first kappa shape index (κ1) is 19.1. The molecule has 0 aliphatic carbocycles. The molecule has 2 aromatic rings. The van der Waals surface area contributed by atoms with Gasteiger partial charge in [0.25, 0.3) is 5.91 Å². The Labute approximate surface area is 159 Å². The minimum Gasteiger partial charge on any atom is -0.504 e. The normalized spacial score (nSPS) is 12.0. The summed E-state index contributed by atoms with van der Waals surface area (Å²) in [7, 11) is 1.42. The van der Waals surface area contributed by atoms with Crippen molar-refractivity contribution < 1.29 is 14.6 Å². The first-order chi connectivity index (χ1) is 11.9. The Morgan fingerprint density at radius 2 is 2.04 bits per heavy atom. The number of benzene rings is 2. The lowest BCUT2D eigenvalue weighted by Gasteiger charge is -2.13. The van der Waals surface area contributed by atoms with Crippen LogP contribution in [0.3, 0.4) is 0 Å². The molecule has 0 fully saturated rings. The highest BCUT2D eigenvalue weighted by Crippen LogP contribution is 2.32. The minimum atomic E-state index is -0.499. The second-order valence-corrected chi connectivity index (χ2v) is 6.51. The number of amides is 1. The zero-order chi connectivity index (χ0) is 18.4. The first-order valence-electron chi connectivity index (χ1n) is 7.32. The number of aromatic hydroxyl groups is 1. The summed E-state index contributed by atoms with van der Waals surface area (Å²) in [5.74, 6) is -0.205. The molecule has 0 saturated heterocycles. The van der Waals surface area contributed by atoms with Gasteiger partial charge in [0.05, 0.1) is 13.3 Å². The number of anilines is 1. The summed E-state index contributed by atoms with van der Waals surface area (Å²) in [5.41, 5.74) is 3.55. The monoisotopic (exact) mass is 425 g/mol. The molecule has 1 atom stereocenters. The van der Waals surface area contributed by atoms with E-state index in [1.165, 1.54) is 25.5 Å². The van der Waals surface area contributed by atoms with Crippen LogP contribution in [-0.4, -0.2) is 30.4 Å². The van der Waals surface area contributed by atoms with Crippen molar-refractivity contribution in [3.63, 3.8) is 0 Å². The Balaban J connectivity index is 1.98. The number of nitrogens with zero attached hydrogens (tertiary/aromatic N) is 1. The van der Waals surface area contributed by atoms with Gasteiger partial charge in [0.2, 0.25) is 0 Å². The summed E-state index contributed by atoms with van der Waals surface area (Å²) in [6.07, 6.45) is 1.30. The van der Waals surface area contributed by atoms with Crippen LogP contribution in [0, 0.1) is 0 Å². The van der Waals surface area contributed by atoms with Crippen molar-refractivity contribution in [2.24, 2.45) is 5.10 Å². The number of phenols is 1. The quantitative estimate of drug-likeness (QED) is 0.485. The van der Waals surface area contributed by atoms with E-state index in [9.17, 15) is 9.90 Å². The van der Waals surface area contributed by atoms with E-state index in [1.54, 1.807) is 6.92 Å². The molecule has 132 valence electrons. The maximum Gasteiger partial charge on any atom is 0.262 e. The predicted octanol–water partition coefficient (Wildman–Crippen LogP) is 3.77. The van der Waals surface area contributed by atoms with Crippen molar-refractivity contribution in [1.29, 1.82) is 0 Å². The van der Waals surface area contributed by atoms with E-state index in [1.807, 2.05) is 24.3 Å². The molecule has 2 rings (SSSR count). The fraction of sp³-hybridized carbons (Fsp3) is 0.176. The lowest BCUT2D eigenvalue weighted by atomic mass is 10.2. The van der Waals surface area contributed by atoms with Gasteiger partial charge in [-0.25, -0.2) is 5.43 Å². The maximum atomic E-state index is 12.1. The number of nitrogens with one attached hydrogen (secondary N) is 2. The highest BCUT2D eigenvalue weighted by molar-refractivity contribution is 9.10. The van der Waals surface area contributed by atoms with Crippen molar-refractivity contribution in [2.75, 3.05) is 12.4 Å². The largest absolute Gasteiger partial charge is 0.504 e. The zero-order valence-electron chi connectivity index (χ0n) is 13.6. The molecule has 0 unspecified atom stereocenters. The molecule has 25 heavy (non-hydrogen) atoms. The smallest absolute Gasteiger partial charge is 0.262 e. The van der Waals surface area contributed by atoms with Gasteiger partial charge in [-0.1, -0.05) is 27.5 Å². The molecule has 1 amide bonds. The number of phenolic OH excluding ortho intramolecular Hbond substituents is 1. The van der Waals surface area contributed by atoms with E-state index in [2.05, 4.69) is 31.8 Å². The van der Waals surface area contributed by atoms with Crippen LogP contribution in [0.25, 0.3) is 0 Å². The Morgan fingerprint density at radius 3 is 2.68 bits per heavy atom. The molecule has 3 N–H and O–H groups in total. The lowest BCUT2D eigenvalue weighted by molar-refractivity contribution is -0.121. The highest BCUT2D eigenvalue weighted by Gasteiger charge is 2.12. The van der Waals surface area contributed by atoms with Crippen molar-refractivity contribution in [2.45, 2.75) is 13.0 Å². The number of hydrogen-bond acceptors (Lipinski definition) is 5. The van der Waals surface area contributed by atoms with E-state index in [0.717, 1.165) is 10.2 Å². The Bertz CT molecular complexity index is 781. The predicted molar refractivity (Wildman–Crippen MR) is 103 cm³/mol. The van der Waals surface area contributed by atoms with E-state index in [-0.39, 0.29) is 17.4 Å². The summed E-state index contributed by atoms with van der Waals surface area (Å²) in [5, 5.41) is 17.3. The molecule has 0 bridgehead atoms. The van der Waals surface area contributed by atoms with Crippen LogP contribution in [0.2, 0.25) is 5.02 Å². The third-order valence-electron chi connectivity index (χ3n) is 3.29. The van der Waals surface area contributed by atoms with Crippen LogP contribution in [0.5, 0.6) is 11.5 Å². The van der Waals surface area contributed by atoms with Crippen LogP contribution in [0.4, 0.5) is 5.69 Å². The number of ether oxygens (including phenoxy) is 1. The molecular weight excluding hydrogens is 410 g/mol. The van der Waals surface area contributed by atoms with E-state index in [0.29, 0.717) is 10.6 Å². The maximum absolute atomic E-state index is 12.1. The Morgan fingerprint density at radius 1 is 1.36 bits per heavy atom. The summed E-state index contributed by atoms with van der Waals surface area (Å²) < 4.78 is 5.97. The fourth-order valence-electron chi connectivity index (χ4n) is 1.97. The number of carbonyl (C=O) groups excluding carboxylic acids is 1. The van der Waals surface area contributed by atoms with Crippen molar-refractivity contribution in [3.05, 3.63) is 51.5 Å². The van der Waals surface area contributed by atoms with Crippen LogP contribution < -0.4 is 15.5 Å². The van der Waals surface area contributed by atoms with Gasteiger partial charge in [-0.05, 0) is 37.3 Å². The van der Waals surface area contributed by atoms with Gasteiger partial charge in [0.15, 0.2) is 11.5 Å². The minimum absolute atomic E-state index is 0.106. The number of rotatable bonds is 6. The van der Waals surface area contributed by atoms with Crippen molar-refractivity contribution in [3.8, 4) is 11.5 Å². The second kappa shape index (κ2) is 8.73. The van der Waals surface area contributed by atoms with Gasteiger partial charge < -0.3 is 15.2 Å². The summed E-state index contributed by atoms with van der Waals surface area (Å²) in [6.45, 7) is 1.72. The van der Waals surface area contributed by atoms with Crippen LogP contribution >= 0.6 is 27.5 Å². The first-order valence-corrected chi connectivity index (χ1v) is 8.49. The van der Waals surface area contributed by atoms with Crippen LogP contribution in [-0.2, 0) is 4.79 Å². The number of methoxy groups -OCH3 is 1. The number of hydrogen-bond donors (Lipinski definition) is 3. The van der Waals surface area contributed by atoms with Gasteiger partial charge in [0, 0.05) is 26.8 Å². The molecule has 0 aliphatic heterocycles. The molecule has 0 aromatic heterocycles. The number of halogens is 2. The number of carbonyl (C=O) groups is 1. The van der Waals surface area contributed by atoms with Gasteiger partial charge >= 0.3 is 0 Å². The Hall–Kier alpha value is -2.25. The highest BCUT2D eigenvalue weighted by atomic mass is 79.9. The number of hydrazone groups is 1. The van der Waals surface area contributed by atoms with E-state index >= 15 is 0 Å². The molecule has 0 saturated carbocycles. The topological polar surface area (TPSA) is 83.0 Å². The summed E-state index contributed by atoms with van der Waals surface area (Å²) >= 11 is 9.29. The van der Waals surface area contributed by atoms with Crippen LogP contribution in [0.15, 0.2) is 46.0 Å². The lowest BCUT2D eigenvalue weighted by Crippen LogP contribution is -2.34. The fourth-order valence-corrected chi connectivity index (χ4v) is 2.45. The molecule has 0 radical (unpaired) electrons. The van der Waals surface area contributed by atoms with Gasteiger partial charge in [-0.15, -0.1) is 0 Å². The van der Waals surface area contributed by atoms with Crippen LogP contribution in [0.1, 0.15) is 12.5 Å². The summed E-state index contributed by atoms with van der Waals surface area (Å²) in [4.78, 5) is 12.1. The SMILES string of the molecule is COc1cc(Cl)cc(/C=N\NC(=O)[C@H](C)Nc2ccc(Br)cc2)c1O. The summed E-state index contributed by atoms with van der Waals surface area (Å²) in [6, 6.07) is 9.96. The molecule has 2 aromatic carbocycles. The van der Waals surface area contributed by atoms with Crippen molar-refractivity contribution in [1.82, 2.24) is 5.43 Å². The third-order valence-corrected chi connectivity index (χ3v) is 4.04. The molecule has 0 aliphatic rings. The molecule has 0 heterocycles. The third kappa shape index (κ3) is 5.37. The van der Waals surface area contributed by atoms with E-state index in [4.69, 9.17) is 16.3 Å². The molecule has 8 heteroatoms. The van der Waals surface area contributed by atoms with Gasteiger partial charge in [0.1, 0.15) is 6.04 Å². The van der Waals surface area contributed by atoms with Crippen molar-refractivity contribution >= 4 is 45.3 Å². The molecular formula is C17H17BrClN3O3. The Kier molecular flexibility index (Phi) is 6.66. The van der Waals surface area contributed by atoms with Gasteiger partial charge in [-0.2, -0.15) is 5.10 Å². The average Bonchev–Trinajstić information content (AvgIpc) is 2.59. The standard InChI is InChI=1S/C17H17BrClN3O3/c1-10(21-14-5-3-12(18)4-6-14)17(24)22-20-9-11-7-13(19)8-15(25-2)16(11)23/h3-10,21,23H,1-2H3,(H,22,24)/b20-9-/t10-/m0/s1. The second-order valence-electron chi connectivity index (χ2n) is 5.15. The van der Waals surface area contributed by atoms with E-state index < -0.39 is 6.04 Å². The molecule has 0 spiro atoms. The zero-order valence-corrected chi connectivity index (χ0v) is 15.9. The average molecular weight is 427 g/mol.